The molecule has 2 atom stereocenters. The largest absolute Gasteiger partial charge is 0.480 e. The van der Waals surface area contributed by atoms with Crippen LogP contribution in [0.5, 0.6) is 0 Å². The number of hydrogen-bond acceptors (Lipinski definition) is 3. The fourth-order valence-corrected chi connectivity index (χ4v) is 2.59. The molecule has 1 heterocycles. The van der Waals surface area contributed by atoms with E-state index in [9.17, 15) is 22.8 Å². The van der Waals surface area contributed by atoms with Crippen molar-refractivity contribution in [1.29, 1.82) is 0 Å². The summed E-state index contributed by atoms with van der Waals surface area (Å²) in [5.74, 6) is -3.63. The molecule has 0 unspecified atom stereocenters. The first kappa shape index (κ1) is 17.3. The Hall–Kier alpha value is -2.09. The first-order valence-electron chi connectivity index (χ1n) is 6.91. The molecule has 1 aromatic rings. The number of carbonyl (C=O) groups is 2. The second-order valence-electron chi connectivity index (χ2n) is 5.71. The molecule has 2 rings (SSSR count). The highest BCUT2D eigenvalue weighted by molar-refractivity contribution is 5.88. The maximum atomic E-state index is 12.6. The first-order chi connectivity index (χ1) is 10.6. The summed E-state index contributed by atoms with van der Waals surface area (Å²) < 4.78 is 43.5. The van der Waals surface area contributed by atoms with Crippen molar-refractivity contribution in [3.63, 3.8) is 0 Å². The number of likely N-dealkylation sites (tertiary alicyclic amines) is 1. The number of halogens is 3. The molecule has 23 heavy (non-hydrogen) atoms. The molecular weight excluding hydrogens is 315 g/mol. The zero-order valence-electron chi connectivity index (χ0n) is 12.3. The molecule has 1 fully saturated rings. The molecule has 8 heteroatoms. The first-order valence-corrected chi connectivity index (χ1v) is 6.91. The maximum Gasteiger partial charge on any atom is 0.471 e. The van der Waals surface area contributed by atoms with Gasteiger partial charge in [-0.2, -0.15) is 13.2 Å². The van der Waals surface area contributed by atoms with E-state index in [-0.39, 0.29) is 13.0 Å². The van der Waals surface area contributed by atoms with E-state index in [1.807, 2.05) is 6.07 Å². The van der Waals surface area contributed by atoms with E-state index >= 15 is 0 Å². The summed E-state index contributed by atoms with van der Waals surface area (Å²) in [5.41, 5.74) is -0.346. The lowest BCUT2D eigenvalue weighted by molar-refractivity contribution is -0.188. The van der Waals surface area contributed by atoms with Crippen molar-refractivity contribution < 1.29 is 32.6 Å². The molecule has 1 amide bonds. The molecule has 1 N–H and O–H groups in total. The van der Waals surface area contributed by atoms with Crippen molar-refractivity contribution in [2.45, 2.75) is 37.8 Å². The highest BCUT2D eigenvalue weighted by Gasteiger charge is 2.53. The number of carbonyl (C=O) groups excluding carboxylic acids is 1. The van der Waals surface area contributed by atoms with Crippen LogP contribution in [0.15, 0.2) is 30.3 Å². The highest BCUT2D eigenvalue weighted by Crippen LogP contribution is 2.34. The van der Waals surface area contributed by atoms with Crippen molar-refractivity contribution >= 4 is 11.9 Å². The average molecular weight is 331 g/mol. The number of amides is 1. The van der Waals surface area contributed by atoms with Gasteiger partial charge in [-0.05, 0) is 12.5 Å². The van der Waals surface area contributed by atoms with Gasteiger partial charge in [-0.3, -0.25) is 4.79 Å². The van der Waals surface area contributed by atoms with Crippen LogP contribution in [-0.4, -0.2) is 46.2 Å². The average Bonchev–Trinajstić information content (AvgIpc) is 2.83. The summed E-state index contributed by atoms with van der Waals surface area (Å²) in [4.78, 5) is 22.9. The summed E-state index contributed by atoms with van der Waals surface area (Å²) >= 11 is 0. The molecule has 0 aromatic heterocycles. The Kier molecular flexibility index (Phi) is 4.65. The van der Waals surface area contributed by atoms with Crippen LogP contribution < -0.4 is 0 Å². The minimum absolute atomic E-state index is 0.123. The van der Waals surface area contributed by atoms with Gasteiger partial charge in [0, 0.05) is 6.42 Å². The SMILES string of the molecule is C[C@]1(OCc2ccccc2)C[C@@H](C(=O)O)N(C(=O)C(F)(F)F)C1. The fraction of sp³-hybridized carbons (Fsp3) is 0.467. The Morgan fingerprint density at radius 3 is 2.48 bits per heavy atom. The maximum absolute atomic E-state index is 12.6. The number of carboxylic acid groups (broad SMARTS) is 1. The number of alkyl halides is 3. The van der Waals surface area contributed by atoms with Crippen LogP contribution in [0.3, 0.4) is 0 Å². The molecule has 1 aliphatic heterocycles. The van der Waals surface area contributed by atoms with E-state index in [0.717, 1.165) is 5.56 Å². The van der Waals surface area contributed by atoms with Crippen molar-refractivity contribution in [1.82, 2.24) is 4.90 Å². The van der Waals surface area contributed by atoms with Crippen LogP contribution in [0, 0.1) is 0 Å². The molecule has 0 bridgehead atoms. The van der Waals surface area contributed by atoms with Crippen molar-refractivity contribution in [2.75, 3.05) is 6.54 Å². The highest BCUT2D eigenvalue weighted by atomic mass is 19.4. The number of rotatable bonds is 4. The second-order valence-corrected chi connectivity index (χ2v) is 5.71. The van der Waals surface area contributed by atoms with Gasteiger partial charge in [-0.15, -0.1) is 0 Å². The van der Waals surface area contributed by atoms with E-state index in [4.69, 9.17) is 9.84 Å². The van der Waals surface area contributed by atoms with Crippen molar-refractivity contribution in [3.8, 4) is 0 Å². The molecule has 0 radical (unpaired) electrons. The van der Waals surface area contributed by atoms with Gasteiger partial charge >= 0.3 is 18.1 Å². The van der Waals surface area contributed by atoms with Crippen LogP contribution in [-0.2, 0) is 20.9 Å². The van der Waals surface area contributed by atoms with Crippen LogP contribution >= 0.6 is 0 Å². The van der Waals surface area contributed by atoms with Crippen LogP contribution in [0.2, 0.25) is 0 Å². The van der Waals surface area contributed by atoms with Gasteiger partial charge in [0.2, 0.25) is 0 Å². The summed E-state index contributed by atoms with van der Waals surface area (Å²) in [7, 11) is 0. The molecule has 0 aliphatic carbocycles. The van der Waals surface area contributed by atoms with E-state index in [2.05, 4.69) is 0 Å². The third-order valence-electron chi connectivity index (χ3n) is 3.72. The monoisotopic (exact) mass is 331 g/mol. The molecule has 1 aromatic carbocycles. The molecule has 1 aliphatic rings. The Bertz CT molecular complexity index is 590. The van der Waals surface area contributed by atoms with Gasteiger partial charge < -0.3 is 14.7 Å². The standard InChI is InChI=1S/C15H16F3NO4/c1-14(23-8-10-5-3-2-4-6-10)7-11(12(20)21)19(9-14)13(22)15(16,17)18/h2-6,11H,7-9H2,1H3,(H,20,21)/t11-,14-/m0/s1. The molecule has 0 saturated carbocycles. The zero-order chi connectivity index (χ0) is 17.3. The van der Waals surface area contributed by atoms with E-state index < -0.39 is 36.2 Å². The Balaban J connectivity index is 2.12. The van der Waals surface area contributed by atoms with Crippen molar-refractivity contribution in [3.05, 3.63) is 35.9 Å². The molecule has 1 saturated heterocycles. The number of benzene rings is 1. The van der Waals surface area contributed by atoms with Crippen LogP contribution in [0.25, 0.3) is 0 Å². The zero-order valence-corrected chi connectivity index (χ0v) is 12.3. The smallest absolute Gasteiger partial charge is 0.471 e. The summed E-state index contributed by atoms with van der Waals surface area (Å²) in [6.45, 7) is 1.21. The van der Waals surface area contributed by atoms with Gasteiger partial charge in [-0.25, -0.2) is 4.79 Å². The van der Waals surface area contributed by atoms with Gasteiger partial charge in [0.05, 0.1) is 18.8 Å². The number of aliphatic carboxylic acids is 1. The summed E-state index contributed by atoms with van der Waals surface area (Å²) in [6, 6.07) is 7.40. The summed E-state index contributed by atoms with van der Waals surface area (Å²) in [6.07, 6.45) is -5.31. The molecular formula is C15H16F3NO4. The Labute approximate surface area is 130 Å². The van der Waals surface area contributed by atoms with Gasteiger partial charge in [0.15, 0.2) is 0 Å². The quantitative estimate of drug-likeness (QED) is 0.919. The lowest BCUT2D eigenvalue weighted by atomic mass is 10.0. The van der Waals surface area contributed by atoms with E-state index in [1.165, 1.54) is 6.92 Å². The lowest BCUT2D eigenvalue weighted by Crippen LogP contribution is -2.47. The molecule has 0 spiro atoms. The minimum atomic E-state index is -5.11. The fourth-order valence-electron chi connectivity index (χ4n) is 2.59. The number of carboxylic acids is 1. The minimum Gasteiger partial charge on any atom is -0.480 e. The third kappa shape index (κ3) is 4.01. The van der Waals surface area contributed by atoms with Crippen LogP contribution in [0.1, 0.15) is 18.9 Å². The van der Waals surface area contributed by atoms with Gasteiger partial charge in [0.25, 0.3) is 0 Å². The predicted molar refractivity (Wildman–Crippen MR) is 73.4 cm³/mol. The van der Waals surface area contributed by atoms with E-state index in [1.54, 1.807) is 24.3 Å². The van der Waals surface area contributed by atoms with Gasteiger partial charge in [-0.1, -0.05) is 30.3 Å². The number of ether oxygens (including phenoxy) is 1. The predicted octanol–water partition coefficient (Wildman–Crippen LogP) is 2.21. The number of hydrogen-bond donors (Lipinski definition) is 1. The van der Waals surface area contributed by atoms with Crippen molar-refractivity contribution in [2.24, 2.45) is 0 Å². The summed E-state index contributed by atoms with van der Waals surface area (Å²) in [5, 5.41) is 9.10. The Morgan fingerprint density at radius 2 is 1.96 bits per heavy atom. The third-order valence-corrected chi connectivity index (χ3v) is 3.72. The van der Waals surface area contributed by atoms with Crippen LogP contribution in [0.4, 0.5) is 13.2 Å². The molecule has 5 nitrogen and oxygen atoms in total. The second kappa shape index (κ2) is 6.19. The number of nitrogens with zero attached hydrogens (tertiary/aromatic N) is 1. The topological polar surface area (TPSA) is 66.8 Å². The lowest BCUT2D eigenvalue weighted by Gasteiger charge is -2.25. The van der Waals surface area contributed by atoms with Gasteiger partial charge in [0.1, 0.15) is 6.04 Å². The molecule has 126 valence electrons. The van der Waals surface area contributed by atoms with E-state index in [0.29, 0.717) is 4.90 Å². The Morgan fingerprint density at radius 1 is 1.35 bits per heavy atom. The normalized spacial score (nSPS) is 24.7.